The molecule has 7 heteroatoms. The Morgan fingerprint density at radius 1 is 1.30 bits per heavy atom. The van der Waals surface area contributed by atoms with E-state index >= 15 is 0 Å². The monoisotopic (exact) mass is 369 g/mol. The third-order valence-electron chi connectivity index (χ3n) is 5.45. The number of hydrogen-bond acceptors (Lipinski definition) is 5. The highest BCUT2D eigenvalue weighted by molar-refractivity contribution is 5.80. The fourth-order valence-electron chi connectivity index (χ4n) is 4.16. The molecule has 1 spiro atoms. The van der Waals surface area contributed by atoms with Crippen LogP contribution in [0.25, 0.3) is 0 Å². The number of aromatic nitrogens is 2. The molecule has 1 aliphatic heterocycles. The molecule has 0 bridgehead atoms. The first-order valence-corrected chi connectivity index (χ1v) is 9.72. The maximum absolute atomic E-state index is 6.44. The summed E-state index contributed by atoms with van der Waals surface area (Å²) in [6.45, 7) is 2.50. The summed E-state index contributed by atoms with van der Waals surface area (Å²) >= 11 is 0. The van der Waals surface area contributed by atoms with Gasteiger partial charge in [0.2, 0.25) is 5.89 Å². The van der Waals surface area contributed by atoms with Crippen LogP contribution >= 0.6 is 0 Å². The van der Waals surface area contributed by atoms with Crippen molar-refractivity contribution in [1.29, 1.82) is 0 Å². The van der Waals surface area contributed by atoms with Gasteiger partial charge in [0.15, 0.2) is 11.8 Å². The topological polar surface area (TPSA) is 84.6 Å². The summed E-state index contributed by atoms with van der Waals surface area (Å²) in [5.74, 6) is 3.07. The fourth-order valence-corrected chi connectivity index (χ4v) is 4.16. The second-order valence-corrected chi connectivity index (χ2v) is 7.42. The molecule has 1 atom stereocenters. The number of rotatable bonds is 4. The lowest BCUT2D eigenvalue weighted by Crippen LogP contribution is -2.47. The number of nitrogens with zero attached hydrogens (tertiary/aromatic N) is 3. The van der Waals surface area contributed by atoms with Gasteiger partial charge >= 0.3 is 0 Å². The van der Waals surface area contributed by atoms with Crippen LogP contribution in [0.4, 0.5) is 0 Å². The van der Waals surface area contributed by atoms with Gasteiger partial charge in [0.25, 0.3) is 0 Å². The van der Waals surface area contributed by atoms with Crippen molar-refractivity contribution in [3.63, 3.8) is 0 Å². The number of ether oxygens (including phenoxy) is 1. The van der Waals surface area contributed by atoms with Crippen LogP contribution in [0.2, 0.25) is 0 Å². The second kappa shape index (κ2) is 7.58. The Kier molecular flexibility index (Phi) is 5.01. The highest BCUT2D eigenvalue weighted by Crippen LogP contribution is 2.46. The van der Waals surface area contributed by atoms with Crippen molar-refractivity contribution in [2.45, 2.75) is 57.1 Å². The zero-order valence-corrected chi connectivity index (χ0v) is 16.0. The van der Waals surface area contributed by atoms with Gasteiger partial charge in [0.05, 0.1) is 6.04 Å². The van der Waals surface area contributed by atoms with Crippen LogP contribution in [0.15, 0.2) is 33.8 Å². The fraction of sp³-hybridized carbons (Fsp3) is 0.550. The molecule has 7 nitrogen and oxygen atoms in total. The minimum absolute atomic E-state index is 0.0356. The first-order valence-electron chi connectivity index (χ1n) is 9.72. The molecule has 1 aromatic heterocycles. The zero-order valence-electron chi connectivity index (χ0n) is 16.0. The summed E-state index contributed by atoms with van der Waals surface area (Å²) in [6, 6.07) is 8.52. The van der Waals surface area contributed by atoms with Gasteiger partial charge in [-0.1, -0.05) is 23.4 Å². The minimum Gasteiger partial charge on any atom is -0.487 e. The van der Waals surface area contributed by atoms with E-state index in [0.717, 1.165) is 31.0 Å². The number of para-hydroxylation sites is 1. The van der Waals surface area contributed by atoms with Gasteiger partial charge < -0.3 is 19.9 Å². The Hall–Kier alpha value is -2.57. The van der Waals surface area contributed by atoms with E-state index in [1.807, 2.05) is 13.0 Å². The van der Waals surface area contributed by atoms with Crippen molar-refractivity contribution in [3.8, 4) is 5.75 Å². The first kappa shape index (κ1) is 17.8. The van der Waals surface area contributed by atoms with Gasteiger partial charge in [-0.05, 0) is 38.7 Å². The van der Waals surface area contributed by atoms with E-state index < -0.39 is 0 Å². The highest BCUT2D eigenvalue weighted by Gasteiger charge is 2.43. The molecule has 1 saturated carbocycles. The predicted molar refractivity (Wildman–Crippen MR) is 103 cm³/mol. The third kappa shape index (κ3) is 3.91. The lowest BCUT2D eigenvalue weighted by atomic mass is 9.86. The normalized spacial score (nSPS) is 21.0. The summed E-state index contributed by atoms with van der Waals surface area (Å²) in [6.07, 6.45) is 6.37. The molecule has 27 heavy (non-hydrogen) atoms. The first-order chi connectivity index (χ1) is 13.2. The van der Waals surface area contributed by atoms with Crippen molar-refractivity contribution in [2.24, 2.45) is 4.99 Å². The standard InChI is InChI=1S/C20H27N5O2/c1-14-23-18(27-25-14)9-12-22-19(21-2)24-16-13-20(10-5-6-11-20)26-17-8-4-3-7-15(16)17/h3-4,7-8,16H,5-6,9-13H2,1-2H3,(H2,21,22,24). The van der Waals surface area contributed by atoms with Crippen LogP contribution in [-0.2, 0) is 6.42 Å². The van der Waals surface area contributed by atoms with Crippen LogP contribution in [0.3, 0.4) is 0 Å². The Labute approximate surface area is 159 Å². The molecule has 2 aliphatic rings. The summed E-state index contributed by atoms with van der Waals surface area (Å²) in [4.78, 5) is 8.63. The lowest BCUT2D eigenvalue weighted by Gasteiger charge is -2.40. The van der Waals surface area contributed by atoms with Gasteiger partial charge in [0.1, 0.15) is 11.4 Å². The average Bonchev–Trinajstić information content (AvgIpc) is 3.29. The summed E-state index contributed by atoms with van der Waals surface area (Å²) in [5.41, 5.74) is 1.16. The molecule has 1 aliphatic carbocycles. The van der Waals surface area contributed by atoms with Gasteiger partial charge in [-0.15, -0.1) is 0 Å². The number of guanidine groups is 1. The average molecular weight is 369 g/mol. The number of hydrogen-bond donors (Lipinski definition) is 2. The molecule has 0 radical (unpaired) electrons. The maximum atomic E-state index is 6.44. The van der Waals surface area contributed by atoms with Crippen molar-refractivity contribution in [1.82, 2.24) is 20.8 Å². The second-order valence-electron chi connectivity index (χ2n) is 7.42. The molecule has 2 aromatic rings. The Balaban J connectivity index is 1.43. The Bertz CT molecular complexity index is 810. The van der Waals surface area contributed by atoms with Gasteiger partial charge in [-0.2, -0.15) is 4.98 Å². The molecule has 0 saturated heterocycles. The molecular weight excluding hydrogens is 342 g/mol. The molecule has 1 aromatic carbocycles. The number of benzene rings is 1. The van der Waals surface area contributed by atoms with Crippen LogP contribution in [0.1, 0.15) is 55.4 Å². The van der Waals surface area contributed by atoms with E-state index in [0.29, 0.717) is 24.7 Å². The summed E-state index contributed by atoms with van der Waals surface area (Å²) in [5, 5.41) is 10.8. The summed E-state index contributed by atoms with van der Waals surface area (Å²) in [7, 11) is 1.79. The number of aryl methyl sites for hydroxylation is 1. The van der Waals surface area contributed by atoms with E-state index in [1.54, 1.807) is 7.05 Å². The van der Waals surface area contributed by atoms with E-state index in [1.165, 1.54) is 18.4 Å². The highest BCUT2D eigenvalue weighted by atomic mass is 16.5. The quantitative estimate of drug-likeness (QED) is 0.637. The van der Waals surface area contributed by atoms with Crippen LogP contribution < -0.4 is 15.4 Å². The van der Waals surface area contributed by atoms with Gasteiger partial charge in [0, 0.05) is 32.0 Å². The van der Waals surface area contributed by atoms with Crippen molar-refractivity contribution >= 4 is 5.96 Å². The zero-order chi connectivity index (χ0) is 18.7. The van der Waals surface area contributed by atoms with Crippen molar-refractivity contribution < 1.29 is 9.26 Å². The SMILES string of the molecule is CN=C(NCCc1nc(C)no1)NC1CC2(CCCC2)Oc2ccccc21. The molecule has 4 rings (SSSR count). The maximum Gasteiger partial charge on any atom is 0.228 e. The third-order valence-corrected chi connectivity index (χ3v) is 5.45. The van der Waals surface area contributed by atoms with Crippen molar-refractivity contribution in [2.75, 3.05) is 13.6 Å². The summed E-state index contributed by atoms with van der Waals surface area (Å²) < 4.78 is 11.6. The molecule has 144 valence electrons. The van der Waals surface area contributed by atoms with Crippen LogP contribution in [0.5, 0.6) is 5.75 Å². The van der Waals surface area contributed by atoms with Crippen molar-refractivity contribution in [3.05, 3.63) is 41.5 Å². The van der Waals surface area contributed by atoms with Crippen LogP contribution in [0, 0.1) is 6.92 Å². The molecule has 2 N–H and O–H groups in total. The number of nitrogens with one attached hydrogen (secondary N) is 2. The largest absolute Gasteiger partial charge is 0.487 e. The van der Waals surface area contributed by atoms with Crippen LogP contribution in [-0.4, -0.2) is 35.3 Å². The lowest BCUT2D eigenvalue weighted by molar-refractivity contribution is 0.0396. The van der Waals surface area contributed by atoms with E-state index in [2.05, 4.69) is 44.0 Å². The molecule has 1 unspecified atom stereocenters. The molecule has 1 fully saturated rings. The molecule has 2 heterocycles. The predicted octanol–water partition coefficient (Wildman–Crippen LogP) is 2.92. The molecular formula is C20H27N5O2. The Morgan fingerprint density at radius 2 is 2.11 bits per heavy atom. The van der Waals surface area contributed by atoms with Gasteiger partial charge in [-0.25, -0.2) is 0 Å². The van der Waals surface area contributed by atoms with E-state index in [4.69, 9.17) is 9.26 Å². The number of fused-ring (bicyclic) bond motifs is 1. The smallest absolute Gasteiger partial charge is 0.228 e. The molecule has 0 amide bonds. The minimum atomic E-state index is -0.0356. The van der Waals surface area contributed by atoms with E-state index in [9.17, 15) is 0 Å². The Morgan fingerprint density at radius 3 is 2.85 bits per heavy atom. The van der Waals surface area contributed by atoms with Gasteiger partial charge in [-0.3, -0.25) is 4.99 Å². The van der Waals surface area contributed by atoms with E-state index in [-0.39, 0.29) is 11.6 Å². The number of aliphatic imine (C=N–C) groups is 1.